The monoisotopic (exact) mass is 368 g/mol. The van der Waals surface area contributed by atoms with Crippen molar-refractivity contribution in [2.45, 2.75) is 40.0 Å². The molecule has 2 heterocycles. The summed E-state index contributed by atoms with van der Waals surface area (Å²) >= 11 is 0. The molecule has 0 aromatic heterocycles. The summed E-state index contributed by atoms with van der Waals surface area (Å²) in [6.45, 7) is 15.9. The zero-order valence-corrected chi connectivity index (χ0v) is 17.1. The first-order chi connectivity index (χ1) is 12.6. The van der Waals surface area contributed by atoms with E-state index in [9.17, 15) is 5.11 Å². The highest BCUT2D eigenvalue weighted by atomic mass is 16.5. The topological polar surface area (TPSA) is 60.3 Å². The summed E-state index contributed by atoms with van der Waals surface area (Å²) in [5, 5.41) is 12.8. The predicted octanol–water partition coefficient (Wildman–Crippen LogP) is 1.65. The van der Waals surface area contributed by atoms with Crippen molar-refractivity contribution < 1.29 is 9.84 Å². The predicted molar refractivity (Wildman–Crippen MR) is 108 cm³/mol. The van der Waals surface area contributed by atoms with Crippen LogP contribution in [0.2, 0.25) is 0 Å². The lowest BCUT2D eigenvalue weighted by Crippen LogP contribution is -2.42. The molecule has 6 heteroatoms. The van der Waals surface area contributed by atoms with Crippen molar-refractivity contribution in [2.75, 3.05) is 65.6 Å². The lowest BCUT2D eigenvalue weighted by Gasteiger charge is -2.29. The van der Waals surface area contributed by atoms with Crippen LogP contribution in [0.1, 0.15) is 40.0 Å². The molecule has 152 valence electrons. The molecule has 2 unspecified atom stereocenters. The minimum absolute atomic E-state index is 0.259. The van der Waals surface area contributed by atoms with Gasteiger partial charge in [-0.25, -0.2) is 0 Å². The van der Waals surface area contributed by atoms with E-state index in [1.54, 1.807) is 0 Å². The van der Waals surface area contributed by atoms with Crippen molar-refractivity contribution in [3.8, 4) is 0 Å². The van der Waals surface area contributed by atoms with Crippen LogP contribution in [0, 0.1) is 17.8 Å². The van der Waals surface area contributed by atoms with Gasteiger partial charge in [-0.05, 0) is 43.9 Å². The summed E-state index contributed by atoms with van der Waals surface area (Å²) in [5.41, 5.74) is 0. The number of aliphatic hydroxyl groups is 1. The number of ether oxygens (including phenoxy) is 1. The Hall–Kier alpha value is -0.850. The lowest BCUT2D eigenvalue weighted by molar-refractivity contribution is 0.0315. The fraction of sp³-hybridized carbons (Fsp3) is 0.950. The summed E-state index contributed by atoms with van der Waals surface area (Å²) in [5.74, 6) is 2.90. The highest BCUT2D eigenvalue weighted by Crippen LogP contribution is 2.19. The first-order valence-electron chi connectivity index (χ1n) is 10.6. The van der Waals surface area contributed by atoms with Crippen LogP contribution in [0.5, 0.6) is 0 Å². The van der Waals surface area contributed by atoms with Crippen LogP contribution in [-0.4, -0.2) is 86.5 Å². The first-order valence-corrected chi connectivity index (χ1v) is 10.6. The summed E-state index contributed by atoms with van der Waals surface area (Å²) in [6, 6.07) is 0. The second-order valence-corrected chi connectivity index (χ2v) is 8.22. The molecule has 2 saturated heterocycles. The van der Waals surface area contributed by atoms with Gasteiger partial charge in [0.25, 0.3) is 0 Å². The van der Waals surface area contributed by atoms with Crippen LogP contribution in [0.3, 0.4) is 0 Å². The molecule has 2 N–H and O–H groups in total. The van der Waals surface area contributed by atoms with Crippen LogP contribution < -0.4 is 5.32 Å². The molecule has 2 atom stereocenters. The Bertz CT molecular complexity index is 411. The zero-order valence-electron chi connectivity index (χ0n) is 17.1. The van der Waals surface area contributed by atoms with Crippen molar-refractivity contribution in [2.24, 2.45) is 22.7 Å². The third kappa shape index (κ3) is 7.41. The number of hydrogen-bond donors (Lipinski definition) is 2. The Balaban J connectivity index is 1.87. The average molecular weight is 369 g/mol. The van der Waals surface area contributed by atoms with Gasteiger partial charge in [0.15, 0.2) is 5.96 Å². The maximum absolute atomic E-state index is 9.33. The van der Waals surface area contributed by atoms with Gasteiger partial charge in [-0.2, -0.15) is 0 Å². The van der Waals surface area contributed by atoms with E-state index in [0.29, 0.717) is 11.8 Å². The number of nitrogens with zero attached hydrogens (tertiary/aromatic N) is 3. The highest BCUT2D eigenvalue weighted by Gasteiger charge is 2.27. The molecule has 0 amide bonds. The number of guanidine groups is 1. The van der Waals surface area contributed by atoms with Crippen molar-refractivity contribution in [3.05, 3.63) is 0 Å². The highest BCUT2D eigenvalue weighted by molar-refractivity contribution is 5.80. The van der Waals surface area contributed by atoms with Crippen molar-refractivity contribution in [1.82, 2.24) is 15.1 Å². The van der Waals surface area contributed by atoms with Crippen LogP contribution >= 0.6 is 0 Å². The van der Waals surface area contributed by atoms with Gasteiger partial charge in [0.2, 0.25) is 0 Å². The number of hydrogen-bond acceptors (Lipinski definition) is 4. The molecule has 26 heavy (non-hydrogen) atoms. The molecular weight excluding hydrogens is 328 g/mol. The summed E-state index contributed by atoms with van der Waals surface area (Å²) in [7, 11) is 0. The smallest absolute Gasteiger partial charge is 0.193 e. The minimum Gasteiger partial charge on any atom is -0.396 e. The van der Waals surface area contributed by atoms with Gasteiger partial charge >= 0.3 is 0 Å². The van der Waals surface area contributed by atoms with E-state index in [0.717, 1.165) is 77.2 Å². The van der Waals surface area contributed by atoms with Crippen LogP contribution in [0.4, 0.5) is 0 Å². The van der Waals surface area contributed by atoms with Gasteiger partial charge in [-0.1, -0.05) is 13.8 Å². The van der Waals surface area contributed by atoms with E-state index in [4.69, 9.17) is 9.73 Å². The Labute approximate surface area is 160 Å². The van der Waals surface area contributed by atoms with E-state index < -0.39 is 0 Å². The zero-order chi connectivity index (χ0) is 18.8. The fourth-order valence-corrected chi connectivity index (χ4v) is 4.10. The van der Waals surface area contributed by atoms with Crippen molar-refractivity contribution >= 4 is 5.96 Å². The molecule has 0 aromatic carbocycles. The van der Waals surface area contributed by atoms with Gasteiger partial charge < -0.3 is 20.1 Å². The van der Waals surface area contributed by atoms with Gasteiger partial charge in [-0.3, -0.25) is 9.89 Å². The van der Waals surface area contributed by atoms with Crippen LogP contribution in [0.15, 0.2) is 4.99 Å². The molecule has 2 fully saturated rings. The largest absolute Gasteiger partial charge is 0.396 e. The Kier molecular flexibility index (Phi) is 9.72. The number of aliphatic imine (C=N–C) groups is 1. The molecule has 2 aliphatic heterocycles. The number of likely N-dealkylation sites (tertiary alicyclic amines) is 1. The second-order valence-electron chi connectivity index (χ2n) is 8.22. The summed E-state index contributed by atoms with van der Waals surface area (Å²) in [4.78, 5) is 9.91. The fourth-order valence-electron chi connectivity index (χ4n) is 4.10. The molecule has 0 spiro atoms. The third-order valence-electron chi connectivity index (χ3n) is 5.38. The number of aliphatic hydroxyl groups excluding tert-OH is 1. The van der Waals surface area contributed by atoms with Gasteiger partial charge in [0, 0.05) is 52.4 Å². The van der Waals surface area contributed by atoms with E-state index in [1.165, 1.54) is 13.0 Å². The normalized spacial score (nSPS) is 23.7. The summed E-state index contributed by atoms with van der Waals surface area (Å²) < 4.78 is 5.46. The first kappa shape index (κ1) is 21.5. The molecule has 0 bridgehead atoms. The number of morpholine rings is 1. The third-order valence-corrected chi connectivity index (χ3v) is 5.38. The standard InChI is InChI=1S/C20H40N4O2/c1-4-21-20(22-14-18(6-10-25)13-17(2)3)24-7-5-19(16-24)15-23-8-11-26-12-9-23/h17-19,25H,4-16H2,1-3H3,(H,21,22). The van der Waals surface area contributed by atoms with Gasteiger partial charge in [0.1, 0.15) is 0 Å². The van der Waals surface area contributed by atoms with E-state index in [1.807, 2.05) is 0 Å². The SMILES string of the molecule is CCNC(=NCC(CCO)CC(C)C)N1CCC(CN2CCOCC2)C1. The molecule has 0 aliphatic carbocycles. The van der Waals surface area contributed by atoms with E-state index in [-0.39, 0.29) is 6.61 Å². The lowest BCUT2D eigenvalue weighted by atomic mass is 9.94. The minimum atomic E-state index is 0.259. The summed E-state index contributed by atoms with van der Waals surface area (Å²) in [6.07, 6.45) is 3.22. The Morgan fingerprint density at radius 1 is 1.27 bits per heavy atom. The molecular formula is C20H40N4O2. The maximum Gasteiger partial charge on any atom is 0.193 e. The number of rotatable bonds is 9. The second kappa shape index (κ2) is 11.8. The van der Waals surface area contributed by atoms with Crippen LogP contribution in [-0.2, 0) is 4.74 Å². The van der Waals surface area contributed by atoms with E-state index >= 15 is 0 Å². The van der Waals surface area contributed by atoms with Gasteiger partial charge in [-0.15, -0.1) is 0 Å². The van der Waals surface area contributed by atoms with E-state index in [2.05, 4.69) is 35.9 Å². The molecule has 2 aliphatic rings. The van der Waals surface area contributed by atoms with Gasteiger partial charge in [0.05, 0.1) is 13.2 Å². The maximum atomic E-state index is 9.33. The molecule has 0 aromatic rings. The van der Waals surface area contributed by atoms with Crippen molar-refractivity contribution in [1.29, 1.82) is 0 Å². The Morgan fingerprint density at radius 2 is 2.04 bits per heavy atom. The number of nitrogens with one attached hydrogen (secondary N) is 1. The Morgan fingerprint density at radius 3 is 2.69 bits per heavy atom. The molecule has 0 saturated carbocycles. The average Bonchev–Trinajstić information content (AvgIpc) is 3.07. The quantitative estimate of drug-likeness (QED) is 0.479. The molecule has 0 radical (unpaired) electrons. The molecule has 2 rings (SSSR count). The van der Waals surface area contributed by atoms with Crippen molar-refractivity contribution in [3.63, 3.8) is 0 Å². The molecule has 6 nitrogen and oxygen atoms in total. The van der Waals surface area contributed by atoms with Crippen LogP contribution in [0.25, 0.3) is 0 Å².